The van der Waals surface area contributed by atoms with Crippen LogP contribution < -0.4 is 15.2 Å². The first kappa shape index (κ1) is 18.8. The smallest absolute Gasteiger partial charge is 0.325 e. The fraction of sp³-hybridized carbons (Fsp3) is 0.562. The van der Waals surface area contributed by atoms with Gasteiger partial charge in [0, 0.05) is 25.5 Å². The van der Waals surface area contributed by atoms with Crippen molar-refractivity contribution in [2.75, 3.05) is 31.3 Å². The highest BCUT2D eigenvalue weighted by atomic mass is 31.2. The number of methoxy groups -OCH3 is 1. The van der Waals surface area contributed by atoms with Gasteiger partial charge in [-0.05, 0) is 31.2 Å². The van der Waals surface area contributed by atoms with E-state index in [9.17, 15) is 9.36 Å². The van der Waals surface area contributed by atoms with Crippen LogP contribution in [0.5, 0.6) is 5.88 Å². The number of aromatic nitrogens is 3. The normalized spacial score (nSPS) is 16.2. The van der Waals surface area contributed by atoms with Crippen LogP contribution in [0.25, 0.3) is 10.8 Å². The van der Waals surface area contributed by atoms with E-state index in [-0.39, 0.29) is 17.6 Å². The van der Waals surface area contributed by atoms with Gasteiger partial charge in [0.05, 0.1) is 19.5 Å². The number of hydrogen-bond donors (Lipinski definition) is 2. The molecule has 0 aliphatic carbocycles. The second-order valence-electron chi connectivity index (χ2n) is 6.63. The molecule has 1 aliphatic heterocycles. The van der Waals surface area contributed by atoms with Crippen LogP contribution in [0, 0.1) is 5.92 Å². The Morgan fingerprint density at radius 1 is 1.35 bits per heavy atom. The van der Waals surface area contributed by atoms with Gasteiger partial charge in [0.25, 0.3) is 5.56 Å². The van der Waals surface area contributed by atoms with Gasteiger partial charge >= 0.3 is 7.60 Å². The molecule has 2 N–H and O–H groups in total. The number of aryl methyl sites for hydroxylation is 1. The maximum absolute atomic E-state index is 12.3. The molecule has 0 spiro atoms. The average molecular weight is 382 g/mol. The molecular formula is C16H23N4O5P. The van der Waals surface area contributed by atoms with Gasteiger partial charge in [-0.2, -0.15) is 10.1 Å². The molecule has 1 fully saturated rings. The van der Waals surface area contributed by atoms with E-state index in [0.717, 1.165) is 31.7 Å². The Kier molecular flexibility index (Phi) is 5.32. The van der Waals surface area contributed by atoms with Crippen molar-refractivity contribution in [2.45, 2.75) is 19.3 Å². The summed E-state index contributed by atoms with van der Waals surface area (Å²) >= 11 is 0. The lowest BCUT2D eigenvalue weighted by atomic mass is 9.94. The van der Waals surface area contributed by atoms with Crippen LogP contribution in [-0.4, -0.2) is 50.9 Å². The highest BCUT2D eigenvalue weighted by Crippen LogP contribution is 2.38. The summed E-state index contributed by atoms with van der Waals surface area (Å²) in [4.78, 5) is 36.9. The second-order valence-corrected chi connectivity index (χ2v) is 8.41. The van der Waals surface area contributed by atoms with Crippen molar-refractivity contribution < 1.29 is 19.1 Å². The van der Waals surface area contributed by atoms with Gasteiger partial charge in [-0.15, -0.1) is 0 Å². The fourth-order valence-corrected chi connectivity index (χ4v) is 4.02. The zero-order valence-corrected chi connectivity index (χ0v) is 15.7. The fourth-order valence-electron chi connectivity index (χ4n) is 3.32. The van der Waals surface area contributed by atoms with Gasteiger partial charge in [-0.3, -0.25) is 9.36 Å². The van der Waals surface area contributed by atoms with E-state index in [1.165, 1.54) is 11.8 Å². The number of nitrogens with zero attached hydrogens (tertiary/aromatic N) is 4. The second kappa shape index (κ2) is 7.34. The minimum Gasteiger partial charge on any atom is -0.480 e. The molecule has 0 bridgehead atoms. The summed E-state index contributed by atoms with van der Waals surface area (Å²) in [5.74, 6) is 1.30. The van der Waals surface area contributed by atoms with Crippen molar-refractivity contribution in [2.24, 2.45) is 13.0 Å². The first-order valence-electron chi connectivity index (χ1n) is 8.49. The summed E-state index contributed by atoms with van der Waals surface area (Å²) in [5.41, 5.74) is -0.255. The van der Waals surface area contributed by atoms with Gasteiger partial charge in [-0.25, -0.2) is 4.68 Å². The van der Waals surface area contributed by atoms with E-state index in [2.05, 4.69) is 15.0 Å². The Morgan fingerprint density at radius 3 is 2.65 bits per heavy atom. The number of hydrogen-bond acceptors (Lipinski definition) is 6. The molecule has 0 radical (unpaired) electrons. The molecule has 3 rings (SSSR count). The number of ether oxygens (including phenoxy) is 1. The van der Waals surface area contributed by atoms with Gasteiger partial charge in [0.15, 0.2) is 0 Å². The van der Waals surface area contributed by atoms with Crippen LogP contribution in [0.4, 0.5) is 5.82 Å². The molecule has 2 aromatic rings. The maximum atomic E-state index is 12.3. The Hall–Kier alpha value is -1.96. The van der Waals surface area contributed by atoms with Gasteiger partial charge < -0.3 is 19.4 Å². The van der Waals surface area contributed by atoms with E-state index >= 15 is 0 Å². The predicted octanol–water partition coefficient (Wildman–Crippen LogP) is 1.12. The van der Waals surface area contributed by atoms with Crippen molar-refractivity contribution >= 4 is 24.2 Å². The number of fused-ring (bicyclic) bond motifs is 1. The third kappa shape index (κ3) is 4.06. The molecule has 10 heteroatoms. The first-order valence-corrected chi connectivity index (χ1v) is 10.3. The first-order chi connectivity index (χ1) is 12.3. The number of anilines is 1. The Labute approximate surface area is 150 Å². The van der Waals surface area contributed by atoms with Crippen LogP contribution >= 0.6 is 7.60 Å². The predicted molar refractivity (Wildman–Crippen MR) is 97.8 cm³/mol. The van der Waals surface area contributed by atoms with Crippen molar-refractivity contribution in [3.8, 4) is 5.88 Å². The third-order valence-electron chi connectivity index (χ3n) is 4.84. The Morgan fingerprint density at radius 2 is 2.04 bits per heavy atom. The molecule has 142 valence electrons. The van der Waals surface area contributed by atoms with Crippen molar-refractivity contribution in [3.05, 3.63) is 22.6 Å². The monoisotopic (exact) mass is 382 g/mol. The quantitative estimate of drug-likeness (QED) is 0.739. The average Bonchev–Trinajstić information content (AvgIpc) is 2.62. The van der Waals surface area contributed by atoms with Crippen molar-refractivity contribution in [1.82, 2.24) is 14.8 Å². The third-order valence-corrected chi connectivity index (χ3v) is 5.68. The zero-order valence-electron chi connectivity index (χ0n) is 14.8. The van der Waals surface area contributed by atoms with Crippen LogP contribution in [0.15, 0.2) is 17.1 Å². The summed E-state index contributed by atoms with van der Waals surface area (Å²) in [7, 11) is -0.867. The minimum atomic E-state index is -3.93. The van der Waals surface area contributed by atoms with Crippen LogP contribution in [0.2, 0.25) is 0 Å². The molecule has 0 atom stereocenters. The van der Waals surface area contributed by atoms with Crippen LogP contribution in [0.3, 0.4) is 0 Å². The molecule has 1 saturated heterocycles. The van der Waals surface area contributed by atoms with Crippen LogP contribution in [-0.2, 0) is 11.6 Å². The lowest BCUT2D eigenvalue weighted by Gasteiger charge is -2.33. The van der Waals surface area contributed by atoms with E-state index in [4.69, 9.17) is 14.5 Å². The van der Waals surface area contributed by atoms with Crippen molar-refractivity contribution in [3.63, 3.8) is 0 Å². The molecule has 26 heavy (non-hydrogen) atoms. The molecule has 0 amide bonds. The summed E-state index contributed by atoms with van der Waals surface area (Å²) in [6.45, 7) is 1.48. The topological polar surface area (TPSA) is 118 Å². The Bertz CT molecular complexity index is 901. The number of piperidine rings is 1. The molecule has 0 saturated carbocycles. The molecule has 0 unspecified atom stereocenters. The zero-order chi connectivity index (χ0) is 18.9. The van der Waals surface area contributed by atoms with Gasteiger partial charge in [-0.1, -0.05) is 0 Å². The summed E-state index contributed by atoms with van der Waals surface area (Å²) in [5, 5.41) is 5.14. The van der Waals surface area contributed by atoms with Gasteiger partial charge in [0.2, 0.25) is 5.88 Å². The molecule has 1 aliphatic rings. The number of pyridine rings is 1. The van der Waals surface area contributed by atoms with Gasteiger partial charge in [0.1, 0.15) is 11.2 Å². The maximum Gasteiger partial charge on any atom is 0.325 e. The summed E-state index contributed by atoms with van der Waals surface area (Å²) < 4.78 is 17.6. The molecule has 3 heterocycles. The van der Waals surface area contributed by atoms with E-state index < -0.39 is 7.60 Å². The number of rotatable bonds is 5. The highest BCUT2D eigenvalue weighted by Gasteiger charge is 2.24. The largest absolute Gasteiger partial charge is 0.480 e. The molecular weight excluding hydrogens is 359 g/mol. The van der Waals surface area contributed by atoms with E-state index in [0.29, 0.717) is 23.1 Å². The minimum absolute atomic E-state index is 0.0608. The van der Waals surface area contributed by atoms with Crippen molar-refractivity contribution in [1.29, 1.82) is 0 Å². The van der Waals surface area contributed by atoms with E-state index in [1.54, 1.807) is 13.2 Å². The van der Waals surface area contributed by atoms with E-state index in [1.807, 2.05) is 6.07 Å². The summed E-state index contributed by atoms with van der Waals surface area (Å²) in [6.07, 6.45) is 3.78. The van der Waals surface area contributed by atoms with Crippen LogP contribution in [0.1, 0.15) is 19.3 Å². The molecule has 2 aromatic heterocycles. The summed E-state index contributed by atoms with van der Waals surface area (Å²) in [6, 6.07) is 1.84. The molecule has 0 aromatic carbocycles. The lowest BCUT2D eigenvalue weighted by Crippen LogP contribution is -2.34. The standard InChI is InChI=1S/C16H23N4O5P/c1-19-16(21)14-12(10-17-19)9-13(18-15(14)25-2)20-6-3-11(4-7-20)5-8-26(22,23)24/h9-11H,3-8H2,1-2H3,(H2,22,23,24). The SMILES string of the molecule is COc1nc(N2CCC(CCP(=O)(O)O)CC2)cc2cnn(C)c(=O)c12. The lowest BCUT2D eigenvalue weighted by molar-refractivity contribution is 0.349. The molecule has 9 nitrogen and oxygen atoms in total. The Balaban J connectivity index is 1.79. The highest BCUT2D eigenvalue weighted by molar-refractivity contribution is 7.51.